The van der Waals surface area contributed by atoms with E-state index in [2.05, 4.69) is 0 Å². The average molecular weight is 309 g/mol. The van der Waals surface area contributed by atoms with Crippen LogP contribution >= 0.6 is 0 Å². The standard InChI is InChI=1S/C12H14F3NO3S/c1-8(7-11(17)16-20(2,18)19)9-5-3-4-6-10(9)12(13,14)15/h3-6,8H,7H2,1-2H3,(H,16,17). The van der Waals surface area contributed by atoms with Crippen molar-refractivity contribution < 1.29 is 26.4 Å². The normalized spacial score (nSPS) is 13.8. The van der Waals surface area contributed by atoms with Gasteiger partial charge in [0.1, 0.15) is 0 Å². The monoisotopic (exact) mass is 309 g/mol. The van der Waals surface area contributed by atoms with Crippen LogP contribution in [0.3, 0.4) is 0 Å². The van der Waals surface area contributed by atoms with Crippen LogP contribution in [0.1, 0.15) is 30.4 Å². The second-order valence-electron chi connectivity index (χ2n) is 4.49. The summed E-state index contributed by atoms with van der Waals surface area (Å²) in [5, 5.41) is 0. The Morgan fingerprint density at radius 1 is 1.30 bits per heavy atom. The zero-order valence-electron chi connectivity index (χ0n) is 10.9. The number of amides is 1. The number of carbonyl (C=O) groups is 1. The number of benzene rings is 1. The average Bonchev–Trinajstić information content (AvgIpc) is 2.25. The molecule has 1 aromatic rings. The minimum Gasteiger partial charge on any atom is -0.274 e. The second-order valence-corrected chi connectivity index (χ2v) is 6.24. The third kappa shape index (κ3) is 4.84. The zero-order valence-corrected chi connectivity index (χ0v) is 11.7. The molecular weight excluding hydrogens is 295 g/mol. The molecule has 0 spiro atoms. The minimum atomic E-state index is -4.52. The largest absolute Gasteiger partial charge is 0.416 e. The Morgan fingerprint density at radius 2 is 1.85 bits per heavy atom. The first kappa shape index (κ1) is 16.5. The van der Waals surface area contributed by atoms with Gasteiger partial charge >= 0.3 is 6.18 Å². The van der Waals surface area contributed by atoms with Crippen LogP contribution in [0.4, 0.5) is 13.2 Å². The van der Waals surface area contributed by atoms with E-state index in [0.29, 0.717) is 0 Å². The summed E-state index contributed by atoms with van der Waals surface area (Å²) >= 11 is 0. The maximum Gasteiger partial charge on any atom is 0.416 e. The van der Waals surface area contributed by atoms with Crippen molar-refractivity contribution in [1.82, 2.24) is 4.72 Å². The zero-order chi connectivity index (χ0) is 15.6. The third-order valence-electron chi connectivity index (χ3n) is 2.59. The summed E-state index contributed by atoms with van der Waals surface area (Å²) in [5.41, 5.74) is -0.858. The highest BCUT2D eigenvalue weighted by Crippen LogP contribution is 2.35. The van der Waals surface area contributed by atoms with Crippen LogP contribution < -0.4 is 4.72 Å². The van der Waals surface area contributed by atoms with Crippen LogP contribution in [0.2, 0.25) is 0 Å². The first-order valence-corrected chi connectivity index (χ1v) is 7.56. The number of alkyl halides is 3. The highest BCUT2D eigenvalue weighted by molar-refractivity contribution is 7.89. The molecule has 0 saturated carbocycles. The van der Waals surface area contributed by atoms with Gasteiger partial charge in [0, 0.05) is 6.42 Å². The van der Waals surface area contributed by atoms with Gasteiger partial charge in [-0.05, 0) is 17.5 Å². The summed E-state index contributed by atoms with van der Waals surface area (Å²) in [4.78, 5) is 11.4. The van der Waals surface area contributed by atoms with Crippen molar-refractivity contribution in [1.29, 1.82) is 0 Å². The van der Waals surface area contributed by atoms with Gasteiger partial charge in [0.05, 0.1) is 11.8 Å². The van der Waals surface area contributed by atoms with Crippen molar-refractivity contribution in [3.8, 4) is 0 Å². The van der Waals surface area contributed by atoms with Gasteiger partial charge in [0.15, 0.2) is 0 Å². The molecule has 0 saturated heterocycles. The lowest BCUT2D eigenvalue weighted by atomic mass is 9.92. The van der Waals surface area contributed by atoms with Crippen LogP contribution in [-0.2, 0) is 21.0 Å². The van der Waals surface area contributed by atoms with Crippen LogP contribution in [0.25, 0.3) is 0 Å². The van der Waals surface area contributed by atoms with Crippen molar-refractivity contribution in [2.45, 2.75) is 25.4 Å². The minimum absolute atomic E-state index is 0.0383. The molecule has 1 atom stereocenters. The van der Waals surface area contributed by atoms with Crippen molar-refractivity contribution in [2.75, 3.05) is 6.26 Å². The van der Waals surface area contributed by atoms with E-state index in [1.54, 1.807) is 4.72 Å². The van der Waals surface area contributed by atoms with Crippen LogP contribution in [0.15, 0.2) is 24.3 Å². The van der Waals surface area contributed by atoms with E-state index in [4.69, 9.17) is 0 Å². The molecule has 0 heterocycles. The molecule has 0 fully saturated rings. The highest BCUT2D eigenvalue weighted by atomic mass is 32.2. The summed E-state index contributed by atoms with van der Waals surface area (Å²) < 4.78 is 61.9. The first-order valence-electron chi connectivity index (χ1n) is 5.67. The Morgan fingerprint density at radius 3 is 2.35 bits per heavy atom. The number of carbonyl (C=O) groups excluding carboxylic acids is 1. The summed E-state index contributed by atoms with van der Waals surface area (Å²) in [6.45, 7) is 1.44. The number of halogens is 3. The molecule has 0 aliphatic heterocycles. The van der Waals surface area contributed by atoms with Gasteiger partial charge < -0.3 is 0 Å². The van der Waals surface area contributed by atoms with E-state index in [1.165, 1.54) is 25.1 Å². The van der Waals surface area contributed by atoms with Crippen molar-refractivity contribution in [2.24, 2.45) is 0 Å². The van der Waals surface area contributed by atoms with E-state index in [-0.39, 0.29) is 12.0 Å². The van der Waals surface area contributed by atoms with Gasteiger partial charge in [-0.1, -0.05) is 25.1 Å². The lowest BCUT2D eigenvalue weighted by Crippen LogP contribution is -2.30. The summed E-state index contributed by atoms with van der Waals surface area (Å²) in [6.07, 6.45) is -4.06. The van der Waals surface area contributed by atoms with Crippen LogP contribution in [0.5, 0.6) is 0 Å². The fraction of sp³-hybridized carbons (Fsp3) is 0.417. The Labute approximate surface area is 115 Å². The van der Waals surface area contributed by atoms with Gasteiger partial charge in [-0.15, -0.1) is 0 Å². The predicted octanol–water partition coefficient (Wildman–Crippen LogP) is 2.27. The summed E-state index contributed by atoms with van der Waals surface area (Å²) in [7, 11) is -3.71. The van der Waals surface area contributed by atoms with Crippen molar-refractivity contribution in [3.05, 3.63) is 35.4 Å². The fourth-order valence-corrected chi connectivity index (χ4v) is 2.32. The molecule has 1 aromatic carbocycles. The quantitative estimate of drug-likeness (QED) is 0.928. The Balaban J connectivity index is 2.94. The second kappa shape index (κ2) is 5.82. The molecule has 0 aliphatic carbocycles. The number of nitrogens with one attached hydrogen (secondary N) is 1. The van der Waals surface area contributed by atoms with Crippen molar-refractivity contribution >= 4 is 15.9 Å². The maximum atomic E-state index is 12.8. The number of hydrogen-bond donors (Lipinski definition) is 1. The number of hydrogen-bond acceptors (Lipinski definition) is 3. The van der Waals surface area contributed by atoms with E-state index >= 15 is 0 Å². The molecule has 0 radical (unpaired) electrons. The van der Waals surface area contributed by atoms with E-state index in [1.807, 2.05) is 0 Å². The molecular formula is C12H14F3NO3S. The third-order valence-corrected chi connectivity index (χ3v) is 3.19. The van der Waals surface area contributed by atoms with E-state index in [0.717, 1.165) is 12.3 Å². The van der Waals surface area contributed by atoms with Gasteiger partial charge in [0.2, 0.25) is 15.9 Å². The molecule has 20 heavy (non-hydrogen) atoms. The predicted molar refractivity (Wildman–Crippen MR) is 67.5 cm³/mol. The molecule has 1 N–H and O–H groups in total. The molecule has 112 valence electrons. The molecule has 0 bridgehead atoms. The molecule has 1 rings (SSSR count). The van der Waals surface area contributed by atoms with Crippen LogP contribution in [-0.4, -0.2) is 20.6 Å². The lowest BCUT2D eigenvalue weighted by Gasteiger charge is -2.17. The van der Waals surface area contributed by atoms with Gasteiger partial charge in [-0.2, -0.15) is 13.2 Å². The Kier molecular flexibility index (Phi) is 4.80. The molecule has 4 nitrogen and oxygen atoms in total. The number of sulfonamides is 1. The summed E-state index contributed by atoms with van der Waals surface area (Å²) in [5.74, 6) is -1.59. The Hall–Kier alpha value is -1.57. The van der Waals surface area contributed by atoms with Crippen molar-refractivity contribution in [3.63, 3.8) is 0 Å². The van der Waals surface area contributed by atoms with E-state index < -0.39 is 33.6 Å². The molecule has 8 heteroatoms. The number of rotatable bonds is 4. The topological polar surface area (TPSA) is 63.2 Å². The maximum absolute atomic E-state index is 12.8. The molecule has 0 aliphatic rings. The summed E-state index contributed by atoms with van der Waals surface area (Å²) in [6, 6.07) is 4.91. The lowest BCUT2D eigenvalue weighted by molar-refractivity contribution is -0.138. The van der Waals surface area contributed by atoms with E-state index in [9.17, 15) is 26.4 Å². The molecule has 0 aromatic heterocycles. The van der Waals surface area contributed by atoms with Crippen LogP contribution in [0, 0.1) is 0 Å². The SMILES string of the molecule is CC(CC(=O)NS(C)(=O)=O)c1ccccc1C(F)(F)F. The van der Waals surface area contributed by atoms with Gasteiger partial charge in [-0.25, -0.2) is 8.42 Å². The molecule has 1 unspecified atom stereocenters. The van der Waals surface area contributed by atoms with Gasteiger partial charge in [0.25, 0.3) is 0 Å². The Bertz CT molecular complexity index is 596. The fourth-order valence-electron chi connectivity index (χ4n) is 1.82. The smallest absolute Gasteiger partial charge is 0.274 e. The first-order chi connectivity index (χ1) is 9.00. The van der Waals surface area contributed by atoms with Gasteiger partial charge in [-0.3, -0.25) is 9.52 Å². The molecule has 1 amide bonds. The highest BCUT2D eigenvalue weighted by Gasteiger charge is 2.34.